The summed E-state index contributed by atoms with van der Waals surface area (Å²) in [7, 11) is 0. The molecule has 0 aliphatic heterocycles. The van der Waals surface area contributed by atoms with Crippen LogP contribution in [-0.2, 0) is 0 Å². The third-order valence-corrected chi connectivity index (χ3v) is 3.16. The standard InChI is InChI=1S/C16H16F3N/c17-16(18,19)10-9-15(20)14-8-4-7-13(11-14)12-5-2-1-3-6-12/h1-8,11,15H,9-10,20H2/t15-/m0/s1. The fourth-order valence-electron chi connectivity index (χ4n) is 2.07. The van der Waals surface area contributed by atoms with Crippen molar-refractivity contribution in [3.05, 3.63) is 60.2 Å². The van der Waals surface area contributed by atoms with Gasteiger partial charge in [0.15, 0.2) is 0 Å². The van der Waals surface area contributed by atoms with E-state index in [1.54, 1.807) is 6.07 Å². The minimum absolute atomic E-state index is 0.0955. The van der Waals surface area contributed by atoms with Crippen LogP contribution in [0.3, 0.4) is 0 Å². The van der Waals surface area contributed by atoms with Gasteiger partial charge in [-0.25, -0.2) is 0 Å². The van der Waals surface area contributed by atoms with Gasteiger partial charge in [-0.05, 0) is 29.2 Å². The molecule has 0 amide bonds. The molecule has 0 heterocycles. The third kappa shape index (κ3) is 4.10. The zero-order chi connectivity index (χ0) is 14.6. The molecular formula is C16H16F3N. The van der Waals surface area contributed by atoms with Crippen LogP contribution in [0.15, 0.2) is 54.6 Å². The first-order chi connectivity index (χ1) is 9.46. The summed E-state index contributed by atoms with van der Waals surface area (Å²) in [4.78, 5) is 0. The Balaban J connectivity index is 2.14. The quantitative estimate of drug-likeness (QED) is 0.862. The van der Waals surface area contributed by atoms with E-state index in [0.29, 0.717) is 0 Å². The van der Waals surface area contributed by atoms with E-state index in [1.807, 2.05) is 48.5 Å². The molecule has 4 heteroatoms. The number of hydrogen-bond acceptors (Lipinski definition) is 1. The molecule has 0 aliphatic rings. The highest BCUT2D eigenvalue weighted by Gasteiger charge is 2.27. The lowest BCUT2D eigenvalue weighted by atomic mass is 9.97. The SMILES string of the molecule is N[C@@H](CCC(F)(F)F)c1cccc(-c2ccccc2)c1. The first-order valence-electron chi connectivity index (χ1n) is 6.43. The molecular weight excluding hydrogens is 263 g/mol. The number of benzene rings is 2. The number of nitrogens with two attached hydrogens (primary N) is 1. The van der Waals surface area contributed by atoms with Crippen molar-refractivity contribution in [2.45, 2.75) is 25.1 Å². The molecule has 0 saturated heterocycles. The van der Waals surface area contributed by atoms with E-state index >= 15 is 0 Å². The van der Waals surface area contributed by atoms with Crippen LogP contribution in [-0.4, -0.2) is 6.18 Å². The summed E-state index contributed by atoms with van der Waals surface area (Å²) in [5.74, 6) is 0. The summed E-state index contributed by atoms with van der Waals surface area (Å²) < 4.78 is 36.7. The van der Waals surface area contributed by atoms with Gasteiger partial charge in [-0.2, -0.15) is 13.2 Å². The summed E-state index contributed by atoms with van der Waals surface area (Å²) in [6.45, 7) is 0. The second-order valence-electron chi connectivity index (χ2n) is 4.75. The van der Waals surface area contributed by atoms with Gasteiger partial charge in [0.1, 0.15) is 0 Å². The molecule has 2 aromatic carbocycles. The Morgan fingerprint density at radius 3 is 2.20 bits per heavy atom. The number of hydrogen-bond donors (Lipinski definition) is 1. The number of alkyl halides is 3. The smallest absolute Gasteiger partial charge is 0.324 e. The van der Waals surface area contributed by atoms with Gasteiger partial charge in [0.05, 0.1) is 0 Å². The summed E-state index contributed by atoms with van der Waals surface area (Å²) >= 11 is 0. The van der Waals surface area contributed by atoms with E-state index in [1.165, 1.54) is 0 Å². The highest BCUT2D eigenvalue weighted by atomic mass is 19.4. The highest BCUT2D eigenvalue weighted by molar-refractivity contribution is 5.64. The van der Waals surface area contributed by atoms with Gasteiger partial charge < -0.3 is 5.73 Å². The molecule has 0 saturated carbocycles. The molecule has 1 atom stereocenters. The van der Waals surface area contributed by atoms with Crippen molar-refractivity contribution in [3.63, 3.8) is 0 Å². The van der Waals surface area contributed by atoms with Crippen LogP contribution in [0.25, 0.3) is 11.1 Å². The van der Waals surface area contributed by atoms with Crippen molar-refractivity contribution in [1.82, 2.24) is 0 Å². The maximum absolute atomic E-state index is 12.2. The molecule has 0 bridgehead atoms. The maximum atomic E-state index is 12.2. The van der Waals surface area contributed by atoms with Crippen molar-refractivity contribution in [3.8, 4) is 11.1 Å². The van der Waals surface area contributed by atoms with E-state index in [2.05, 4.69) is 0 Å². The molecule has 20 heavy (non-hydrogen) atoms. The Morgan fingerprint density at radius 1 is 0.900 bits per heavy atom. The van der Waals surface area contributed by atoms with Gasteiger partial charge in [-0.3, -0.25) is 0 Å². The molecule has 0 aliphatic carbocycles. The maximum Gasteiger partial charge on any atom is 0.389 e. The van der Waals surface area contributed by atoms with Gasteiger partial charge in [0.2, 0.25) is 0 Å². The molecule has 2 N–H and O–H groups in total. The van der Waals surface area contributed by atoms with Crippen LogP contribution in [0.2, 0.25) is 0 Å². The highest BCUT2D eigenvalue weighted by Crippen LogP contribution is 2.28. The lowest BCUT2D eigenvalue weighted by Gasteiger charge is -2.14. The van der Waals surface area contributed by atoms with Crippen molar-refractivity contribution >= 4 is 0 Å². The van der Waals surface area contributed by atoms with E-state index in [0.717, 1.165) is 16.7 Å². The molecule has 0 aromatic heterocycles. The van der Waals surface area contributed by atoms with Crippen LogP contribution < -0.4 is 5.73 Å². The molecule has 2 aromatic rings. The van der Waals surface area contributed by atoms with Crippen molar-refractivity contribution < 1.29 is 13.2 Å². The first kappa shape index (κ1) is 14.6. The average molecular weight is 279 g/mol. The molecule has 0 spiro atoms. The second kappa shape index (κ2) is 6.09. The Labute approximate surface area is 116 Å². The Morgan fingerprint density at radius 2 is 1.55 bits per heavy atom. The predicted octanol–water partition coefficient (Wildman–Crippen LogP) is 4.70. The number of halogens is 3. The lowest BCUT2D eigenvalue weighted by molar-refractivity contribution is -0.136. The van der Waals surface area contributed by atoms with Gasteiger partial charge in [-0.15, -0.1) is 0 Å². The monoisotopic (exact) mass is 279 g/mol. The average Bonchev–Trinajstić information content (AvgIpc) is 2.45. The van der Waals surface area contributed by atoms with Crippen molar-refractivity contribution in [2.75, 3.05) is 0 Å². The van der Waals surface area contributed by atoms with Crippen LogP contribution >= 0.6 is 0 Å². The number of rotatable bonds is 4. The zero-order valence-electron chi connectivity index (χ0n) is 10.9. The van der Waals surface area contributed by atoms with E-state index in [9.17, 15) is 13.2 Å². The van der Waals surface area contributed by atoms with E-state index in [4.69, 9.17) is 5.73 Å². The molecule has 0 radical (unpaired) electrons. The predicted molar refractivity (Wildman–Crippen MR) is 74.1 cm³/mol. The topological polar surface area (TPSA) is 26.0 Å². The van der Waals surface area contributed by atoms with Crippen molar-refractivity contribution in [1.29, 1.82) is 0 Å². The Kier molecular flexibility index (Phi) is 4.45. The fraction of sp³-hybridized carbons (Fsp3) is 0.250. The van der Waals surface area contributed by atoms with Crippen LogP contribution in [0.1, 0.15) is 24.4 Å². The zero-order valence-corrected chi connectivity index (χ0v) is 10.9. The van der Waals surface area contributed by atoms with Crippen molar-refractivity contribution in [2.24, 2.45) is 5.73 Å². The normalized spacial score (nSPS) is 13.2. The molecule has 2 rings (SSSR count). The molecule has 106 valence electrons. The minimum Gasteiger partial charge on any atom is -0.324 e. The largest absolute Gasteiger partial charge is 0.389 e. The summed E-state index contributed by atoms with van der Waals surface area (Å²) in [6.07, 6.45) is -5.11. The van der Waals surface area contributed by atoms with Crippen LogP contribution in [0, 0.1) is 0 Å². The van der Waals surface area contributed by atoms with Gasteiger partial charge in [0, 0.05) is 12.5 Å². The Hall–Kier alpha value is -1.81. The van der Waals surface area contributed by atoms with Gasteiger partial charge >= 0.3 is 6.18 Å². The van der Waals surface area contributed by atoms with E-state index in [-0.39, 0.29) is 6.42 Å². The van der Waals surface area contributed by atoms with Crippen LogP contribution in [0.4, 0.5) is 13.2 Å². The fourth-order valence-corrected chi connectivity index (χ4v) is 2.07. The summed E-state index contributed by atoms with van der Waals surface area (Å²) in [5, 5.41) is 0. The molecule has 0 fully saturated rings. The molecule has 1 nitrogen and oxygen atoms in total. The molecule has 0 unspecified atom stereocenters. The third-order valence-electron chi connectivity index (χ3n) is 3.16. The lowest BCUT2D eigenvalue weighted by Crippen LogP contribution is -2.15. The van der Waals surface area contributed by atoms with E-state index < -0.39 is 18.6 Å². The summed E-state index contributed by atoms with van der Waals surface area (Å²) in [5.41, 5.74) is 8.57. The van der Waals surface area contributed by atoms with Gasteiger partial charge in [0.25, 0.3) is 0 Å². The van der Waals surface area contributed by atoms with Gasteiger partial charge in [-0.1, -0.05) is 48.5 Å². The Bertz CT molecular complexity index is 549. The summed E-state index contributed by atoms with van der Waals surface area (Å²) in [6, 6.07) is 16.5. The second-order valence-corrected chi connectivity index (χ2v) is 4.75. The minimum atomic E-state index is -4.16. The van der Waals surface area contributed by atoms with Crippen LogP contribution in [0.5, 0.6) is 0 Å². The first-order valence-corrected chi connectivity index (χ1v) is 6.43.